The van der Waals surface area contributed by atoms with E-state index < -0.39 is 46.9 Å². The van der Waals surface area contributed by atoms with Crippen LogP contribution in [-0.2, 0) is 19.1 Å². The second kappa shape index (κ2) is 22.7. The van der Waals surface area contributed by atoms with Gasteiger partial charge in [0.1, 0.15) is 28.9 Å². The summed E-state index contributed by atoms with van der Waals surface area (Å²) in [7, 11) is 2.50. The molecule has 1 rings (SSSR count). The highest BCUT2D eigenvalue weighted by molar-refractivity contribution is 8.76. The molecule has 47 heavy (non-hydrogen) atoms. The lowest BCUT2D eigenvalue weighted by molar-refractivity contribution is -0.135. The molecule has 0 bridgehead atoms. The highest BCUT2D eigenvalue weighted by Crippen LogP contribution is 2.39. The molecule has 1 aliphatic carbocycles. The van der Waals surface area contributed by atoms with Crippen LogP contribution < -0.4 is 21.3 Å². The summed E-state index contributed by atoms with van der Waals surface area (Å²) < 4.78 is 10.6. The lowest BCUT2D eigenvalue weighted by Gasteiger charge is -2.35. The van der Waals surface area contributed by atoms with Crippen molar-refractivity contribution in [2.45, 2.75) is 141 Å². The molecule has 0 spiro atoms. The van der Waals surface area contributed by atoms with Crippen LogP contribution in [0.5, 0.6) is 0 Å². The number of hydrogen-bond acceptors (Lipinski definition) is 12. The van der Waals surface area contributed by atoms with Crippen molar-refractivity contribution in [1.29, 1.82) is 0 Å². The molecular formula is C32H62N4O7S4. The van der Waals surface area contributed by atoms with Gasteiger partial charge in [-0.2, -0.15) is 23.5 Å². The van der Waals surface area contributed by atoms with Crippen molar-refractivity contribution in [2.24, 2.45) is 0 Å². The third-order valence-electron chi connectivity index (χ3n) is 6.04. The second-order valence-corrected chi connectivity index (χ2v) is 18.9. The zero-order valence-electron chi connectivity index (χ0n) is 30.6. The standard InChI is InChI=1S/C30H56N4O7S4.C2H6/c1-19(2)31-13-15-42-22-11-12-23(22)43-16-14-32-25(36)21(34-27(38)41-29(6,7)8)18-45-44-17-20(24(35)30(9,10)39)33-26(37)40-28(3,4)5;1-2/h19-23,31,39H,11-18H2,1-10H3,(H,32,36)(H,33,37)(H,34,38);1-2H3. The minimum atomic E-state index is -1.67. The topological polar surface area (TPSA) is 155 Å². The van der Waals surface area contributed by atoms with E-state index in [0.29, 0.717) is 23.1 Å². The molecule has 0 aromatic heterocycles. The van der Waals surface area contributed by atoms with Gasteiger partial charge in [0, 0.05) is 52.6 Å². The Morgan fingerprint density at radius 3 is 1.57 bits per heavy atom. The number of hydrogen-bond donors (Lipinski definition) is 5. The predicted molar refractivity (Wildman–Crippen MR) is 202 cm³/mol. The molecule has 1 saturated carbocycles. The highest BCUT2D eigenvalue weighted by atomic mass is 33.1. The van der Waals surface area contributed by atoms with Crippen LogP contribution >= 0.6 is 45.1 Å². The van der Waals surface area contributed by atoms with Crippen molar-refractivity contribution < 1.29 is 33.8 Å². The van der Waals surface area contributed by atoms with Crippen LogP contribution in [0.3, 0.4) is 0 Å². The normalized spacial score (nSPS) is 17.7. The van der Waals surface area contributed by atoms with Crippen LogP contribution in [0.1, 0.15) is 95.9 Å². The number of aliphatic hydroxyl groups is 1. The molecule has 11 nitrogen and oxygen atoms in total. The van der Waals surface area contributed by atoms with E-state index in [1.165, 1.54) is 48.3 Å². The summed E-state index contributed by atoms with van der Waals surface area (Å²) in [6, 6.07) is -1.42. The van der Waals surface area contributed by atoms with E-state index >= 15 is 0 Å². The van der Waals surface area contributed by atoms with Crippen molar-refractivity contribution in [3.05, 3.63) is 0 Å². The van der Waals surface area contributed by atoms with Crippen LogP contribution in [0, 0.1) is 0 Å². The Bertz CT molecular complexity index is 953. The highest BCUT2D eigenvalue weighted by Gasteiger charge is 2.34. The Balaban J connectivity index is 0.0000104. The number of carbonyl (C=O) groups is 4. The molecule has 0 aromatic carbocycles. The van der Waals surface area contributed by atoms with E-state index in [-0.39, 0.29) is 17.4 Å². The van der Waals surface area contributed by atoms with Gasteiger partial charge in [-0.1, -0.05) is 49.3 Å². The zero-order chi connectivity index (χ0) is 36.4. The molecule has 4 unspecified atom stereocenters. The van der Waals surface area contributed by atoms with Crippen LogP contribution in [-0.4, -0.2) is 111 Å². The molecule has 15 heteroatoms. The van der Waals surface area contributed by atoms with Gasteiger partial charge < -0.3 is 35.8 Å². The second-order valence-electron chi connectivity index (χ2n) is 13.7. The molecular weight excluding hydrogens is 681 g/mol. The number of amides is 3. The molecule has 4 atom stereocenters. The SMILES string of the molecule is CC.CC(C)NCCSC1CCC1SCCNC(=O)C(CSSCC(NC(=O)OC(C)(C)C)C(=O)C(C)(C)O)NC(=O)OC(C)(C)C. The first kappa shape index (κ1) is 46.0. The van der Waals surface area contributed by atoms with Crippen molar-refractivity contribution in [1.82, 2.24) is 21.3 Å². The van der Waals surface area contributed by atoms with Crippen LogP contribution in [0.2, 0.25) is 0 Å². The Hall–Kier alpha value is -1.00. The van der Waals surface area contributed by atoms with Gasteiger partial charge in [-0.05, 0) is 68.2 Å². The minimum Gasteiger partial charge on any atom is -0.444 e. The van der Waals surface area contributed by atoms with Crippen molar-refractivity contribution in [3.63, 3.8) is 0 Å². The molecule has 276 valence electrons. The van der Waals surface area contributed by atoms with Gasteiger partial charge in [0.15, 0.2) is 5.78 Å². The number of ether oxygens (including phenoxy) is 2. The van der Waals surface area contributed by atoms with Gasteiger partial charge in [-0.3, -0.25) is 9.59 Å². The number of Topliss-reactive ketones (excluding diaryl/α,β-unsaturated/α-hetero) is 1. The fraction of sp³-hybridized carbons (Fsp3) is 0.875. The Morgan fingerprint density at radius 1 is 0.745 bits per heavy atom. The van der Waals surface area contributed by atoms with E-state index in [2.05, 4.69) is 35.1 Å². The number of rotatable bonds is 19. The van der Waals surface area contributed by atoms with Crippen LogP contribution in [0.4, 0.5) is 9.59 Å². The van der Waals surface area contributed by atoms with Gasteiger partial charge in [0.25, 0.3) is 0 Å². The first-order valence-corrected chi connectivity index (χ1v) is 21.0. The fourth-order valence-electron chi connectivity index (χ4n) is 3.81. The van der Waals surface area contributed by atoms with Crippen molar-refractivity contribution >= 4 is 69.0 Å². The number of nitrogens with one attached hydrogen (secondary N) is 4. The molecule has 1 aliphatic rings. The van der Waals surface area contributed by atoms with Crippen molar-refractivity contribution in [2.75, 3.05) is 36.1 Å². The average Bonchev–Trinajstić information content (AvgIpc) is 2.90. The van der Waals surface area contributed by atoms with Gasteiger partial charge >= 0.3 is 12.2 Å². The van der Waals surface area contributed by atoms with E-state index in [9.17, 15) is 24.3 Å². The molecule has 3 amide bonds. The minimum absolute atomic E-state index is 0.109. The van der Waals surface area contributed by atoms with E-state index in [0.717, 1.165) is 18.1 Å². The maximum Gasteiger partial charge on any atom is 0.408 e. The molecule has 0 radical (unpaired) electrons. The third-order valence-corrected chi connectivity index (χ3v) is 11.5. The molecule has 0 heterocycles. The summed E-state index contributed by atoms with van der Waals surface area (Å²) in [5, 5.41) is 23.1. The molecule has 5 N–H and O–H groups in total. The fourth-order valence-corrected chi connectivity index (χ4v) is 8.98. The summed E-state index contributed by atoms with van der Waals surface area (Å²) in [6.07, 6.45) is 0.936. The van der Waals surface area contributed by atoms with Gasteiger partial charge in [-0.25, -0.2) is 9.59 Å². The average molecular weight is 743 g/mol. The quantitative estimate of drug-likeness (QED) is 0.0823. The molecule has 0 saturated heterocycles. The number of alkyl carbamates (subject to hydrolysis) is 2. The number of carbonyl (C=O) groups excluding carboxylic acids is 4. The van der Waals surface area contributed by atoms with Crippen molar-refractivity contribution in [3.8, 4) is 0 Å². The smallest absolute Gasteiger partial charge is 0.408 e. The molecule has 0 aromatic rings. The van der Waals surface area contributed by atoms with E-state index in [1.807, 2.05) is 37.4 Å². The zero-order valence-corrected chi connectivity index (χ0v) is 33.8. The Labute approximate surface area is 300 Å². The van der Waals surface area contributed by atoms with E-state index in [1.54, 1.807) is 41.5 Å². The first-order valence-electron chi connectivity index (χ1n) is 16.4. The lowest BCUT2D eigenvalue weighted by Crippen LogP contribution is -2.51. The maximum atomic E-state index is 13.1. The first-order chi connectivity index (χ1) is 21.7. The predicted octanol–water partition coefficient (Wildman–Crippen LogP) is 5.63. The third kappa shape index (κ3) is 22.4. The summed E-state index contributed by atoms with van der Waals surface area (Å²) in [6.45, 7) is 22.9. The van der Waals surface area contributed by atoms with Gasteiger partial charge in [0.2, 0.25) is 5.91 Å². The monoisotopic (exact) mass is 742 g/mol. The van der Waals surface area contributed by atoms with Gasteiger partial charge in [-0.15, -0.1) is 0 Å². The largest absolute Gasteiger partial charge is 0.444 e. The summed E-state index contributed by atoms with van der Waals surface area (Å²) in [5.41, 5.74) is -3.17. The van der Waals surface area contributed by atoms with E-state index in [4.69, 9.17) is 9.47 Å². The van der Waals surface area contributed by atoms with Crippen LogP contribution in [0.15, 0.2) is 0 Å². The molecule has 1 fully saturated rings. The maximum absolute atomic E-state index is 13.1. The van der Waals surface area contributed by atoms with Gasteiger partial charge in [0.05, 0.1) is 0 Å². The summed E-state index contributed by atoms with van der Waals surface area (Å²) >= 11 is 3.89. The summed E-state index contributed by atoms with van der Waals surface area (Å²) in [4.78, 5) is 50.8. The number of ketones is 1. The Kier molecular flexibility index (Phi) is 22.2. The molecule has 0 aliphatic heterocycles. The lowest BCUT2D eigenvalue weighted by atomic mass is 9.98. The number of thioether (sulfide) groups is 2. The van der Waals surface area contributed by atoms with Crippen LogP contribution in [0.25, 0.3) is 0 Å². The Morgan fingerprint density at radius 2 is 1.17 bits per heavy atom. The summed E-state index contributed by atoms with van der Waals surface area (Å²) in [5.74, 6) is 1.26.